The van der Waals surface area contributed by atoms with Crippen LogP contribution in [0.5, 0.6) is 0 Å². The second-order valence-corrected chi connectivity index (χ2v) is 6.49. The van der Waals surface area contributed by atoms with Gasteiger partial charge in [0.15, 0.2) is 12.4 Å². The van der Waals surface area contributed by atoms with Gasteiger partial charge in [0.25, 0.3) is 0 Å². The molecule has 0 radical (unpaired) electrons. The lowest BCUT2D eigenvalue weighted by atomic mass is 10.1. The van der Waals surface area contributed by atoms with Gasteiger partial charge in [0.05, 0.1) is 6.04 Å². The molecule has 1 aliphatic rings. The van der Waals surface area contributed by atoms with E-state index >= 15 is 0 Å². The smallest absolute Gasteiger partial charge is 0.349 e. The minimum atomic E-state index is -0.668. The Morgan fingerprint density at radius 3 is 2.88 bits per heavy atom. The zero-order chi connectivity index (χ0) is 18.7. The Labute approximate surface area is 152 Å². The number of nitriles is 1. The fourth-order valence-electron chi connectivity index (χ4n) is 2.95. The zero-order valence-electron chi connectivity index (χ0n) is 15.3. The van der Waals surface area contributed by atoms with Crippen molar-refractivity contribution in [2.75, 3.05) is 0 Å². The molecule has 0 atom stereocenters. The number of aromatic nitrogens is 5. The van der Waals surface area contributed by atoms with Crippen LogP contribution >= 0.6 is 0 Å². The van der Waals surface area contributed by atoms with Crippen molar-refractivity contribution in [3.8, 4) is 6.07 Å². The normalized spacial score (nSPS) is 14.3. The van der Waals surface area contributed by atoms with Crippen molar-refractivity contribution in [3.05, 3.63) is 34.4 Å². The number of ether oxygens (including phenoxy) is 1. The highest BCUT2D eigenvalue weighted by Crippen LogP contribution is 2.34. The van der Waals surface area contributed by atoms with Crippen LogP contribution in [0.4, 0.5) is 0 Å². The zero-order valence-corrected chi connectivity index (χ0v) is 15.3. The monoisotopic (exact) mass is 354 g/mol. The minimum Gasteiger partial charge on any atom is -0.453 e. The lowest BCUT2D eigenvalue weighted by Crippen LogP contribution is -2.11. The number of carbonyl (C=O) groups is 1. The first-order valence-corrected chi connectivity index (χ1v) is 8.77. The minimum absolute atomic E-state index is 0.0350. The molecule has 0 saturated heterocycles. The standard InChI is InChI=1S/C18H22N6O2/c1-4-7-23-12(2)8-14(13(23)3)9-15(10-19)18(25)26-11-17-20-21-22-24(17)16-5-6-16/h8-9,16H,4-7,11H2,1-3H3/b15-9+. The SMILES string of the molecule is CCCn1c(C)cc(/C=C(\C#N)C(=O)OCc2nnnn2C2CC2)c1C. The molecule has 8 heteroatoms. The van der Waals surface area contributed by atoms with Crippen molar-refractivity contribution >= 4 is 12.0 Å². The molecule has 2 aromatic rings. The van der Waals surface area contributed by atoms with Crippen LogP contribution < -0.4 is 0 Å². The molecule has 3 rings (SSSR count). The summed E-state index contributed by atoms with van der Waals surface area (Å²) in [5.41, 5.74) is 2.95. The molecule has 0 unspecified atom stereocenters. The van der Waals surface area contributed by atoms with Gasteiger partial charge in [0.1, 0.15) is 11.6 Å². The Morgan fingerprint density at radius 1 is 1.46 bits per heavy atom. The third kappa shape index (κ3) is 3.67. The highest BCUT2D eigenvalue weighted by atomic mass is 16.5. The van der Waals surface area contributed by atoms with Gasteiger partial charge in [0, 0.05) is 17.9 Å². The van der Waals surface area contributed by atoms with Gasteiger partial charge in [-0.3, -0.25) is 0 Å². The van der Waals surface area contributed by atoms with Crippen LogP contribution in [0.1, 0.15) is 55.0 Å². The fraction of sp³-hybridized carbons (Fsp3) is 0.500. The molecular weight excluding hydrogens is 332 g/mol. The van der Waals surface area contributed by atoms with E-state index in [-0.39, 0.29) is 12.2 Å². The summed E-state index contributed by atoms with van der Waals surface area (Å²) in [6, 6.07) is 4.21. The second kappa shape index (κ2) is 7.52. The molecule has 0 bridgehead atoms. The molecule has 2 heterocycles. The molecule has 0 aromatic carbocycles. The van der Waals surface area contributed by atoms with Gasteiger partial charge < -0.3 is 9.30 Å². The number of tetrazole rings is 1. The van der Waals surface area contributed by atoms with Crippen LogP contribution in [0.2, 0.25) is 0 Å². The molecule has 0 spiro atoms. The summed E-state index contributed by atoms with van der Waals surface area (Å²) < 4.78 is 9.11. The number of carbonyl (C=O) groups excluding carboxylic acids is 1. The van der Waals surface area contributed by atoms with Crippen LogP contribution in [0.25, 0.3) is 6.08 Å². The van der Waals surface area contributed by atoms with Gasteiger partial charge in [-0.05, 0) is 61.2 Å². The van der Waals surface area contributed by atoms with E-state index in [1.807, 2.05) is 26.0 Å². The van der Waals surface area contributed by atoms with Crippen LogP contribution in [0, 0.1) is 25.2 Å². The van der Waals surface area contributed by atoms with Crippen molar-refractivity contribution in [1.82, 2.24) is 24.8 Å². The van der Waals surface area contributed by atoms with Crippen molar-refractivity contribution < 1.29 is 9.53 Å². The number of hydrogen-bond acceptors (Lipinski definition) is 6. The summed E-state index contributed by atoms with van der Waals surface area (Å²) in [6.45, 7) is 6.97. The van der Waals surface area contributed by atoms with E-state index in [0.29, 0.717) is 11.9 Å². The first-order valence-electron chi connectivity index (χ1n) is 8.77. The highest BCUT2D eigenvalue weighted by Gasteiger charge is 2.28. The Hall–Kier alpha value is -2.95. The van der Waals surface area contributed by atoms with Gasteiger partial charge in [0.2, 0.25) is 0 Å². The molecule has 136 valence electrons. The Kier molecular flexibility index (Phi) is 5.16. The maximum atomic E-state index is 12.3. The predicted octanol–water partition coefficient (Wildman–Crippen LogP) is 2.49. The lowest BCUT2D eigenvalue weighted by Gasteiger charge is -2.07. The molecule has 1 fully saturated rings. The van der Waals surface area contributed by atoms with Gasteiger partial charge in [-0.15, -0.1) is 5.10 Å². The Morgan fingerprint density at radius 2 is 2.23 bits per heavy atom. The van der Waals surface area contributed by atoms with Gasteiger partial charge in [-0.2, -0.15) is 5.26 Å². The first kappa shape index (κ1) is 17.9. The summed E-state index contributed by atoms with van der Waals surface area (Å²) in [5.74, 6) is -0.169. The summed E-state index contributed by atoms with van der Waals surface area (Å²) in [7, 11) is 0. The number of nitrogens with zero attached hydrogens (tertiary/aromatic N) is 6. The number of hydrogen-bond donors (Lipinski definition) is 0. The summed E-state index contributed by atoms with van der Waals surface area (Å²) in [4.78, 5) is 12.3. The van der Waals surface area contributed by atoms with Gasteiger partial charge >= 0.3 is 5.97 Å². The van der Waals surface area contributed by atoms with E-state index in [1.165, 1.54) is 0 Å². The molecule has 2 aromatic heterocycles. The van der Waals surface area contributed by atoms with Crippen LogP contribution in [0.3, 0.4) is 0 Å². The average Bonchev–Trinajstić information content (AvgIpc) is 3.31. The third-order valence-corrected chi connectivity index (χ3v) is 4.49. The maximum Gasteiger partial charge on any atom is 0.349 e. The van der Waals surface area contributed by atoms with E-state index in [2.05, 4.69) is 27.0 Å². The number of esters is 1. The van der Waals surface area contributed by atoms with Crippen LogP contribution in [0.15, 0.2) is 11.6 Å². The average molecular weight is 354 g/mol. The van der Waals surface area contributed by atoms with Crippen LogP contribution in [-0.2, 0) is 22.7 Å². The van der Waals surface area contributed by atoms with E-state index in [9.17, 15) is 10.1 Å². The fourth-order valence-corrected chi connectivity index (χ4v) is 2.95. The van der Waals surface area contributed by atoms with Crippen molar-refractivity contribution in [2.24, 2.45) is 0 Å². The highest BCUT2D eigenvalue weighted by molar-refractivity contribution is 5.98. The van der Waals surface area contributed by atoms with Gasteiger partial charge in [-0.1, -0.05) is 6.92 Å². The van der Waals surface area contributed by atoms with Crippen molar-refractivity contribution in [3.63, 3.8) is 0 Å². The van der Waals surface area contributed by atoms with Crippen molar-refractivity contribution in [1.29, 1.82) is 5.26 Å². The molecular formula is C18H22N6O2. The molecule has 0 N–H and O–H groups in total. The van der Waals surface area contributed by atoms with E-state index in [4.69, 9.17) is 4.74 Å². The van der Waals surface area contributed by atoms with Crippen LogP contribution in [-0.4, -0.2) is 30.7 Å². The molecule has 26 heavy (non-hydrogen) atoms. The lowest BCUT2D eigenvalue weighted by molar-refractivity contribution is -0.140. The topological polar surface area (TPSA) is 98.6 Å². The summed E-state index contributed by atoms with van der Waals surface area (Å²) in [6.07, 6.45) is 4.66. The third-order valence-electron chi connectivity index (χ3n) is 4.49. The Balaban J connectivity index is 1.72. The maximum absolute atomic E-state index is 12.3. The quantitative estimate of drug-likeness (QED) is 0.430. The predicted molar refractivity (Wildman–Crippen MR) is 93.7 cm³/mol. The van der Waals surface area contributed by atoms with Crippen molar-refractivity contribution in [2.45, 2.75) is 59.2 Å². The first-order chi connectivity index (χ1) is 12.5. The van der Waals surface area contributed by atoms with E-state index in [0.717, 1.165) is 42.8 Å². The molecule has 8 nitrogen and oxygen atoms in total. The number of rotatable bonds is 7. The van der Waals surface area contributed by atoms with Gasteiger partial charge in [-0.25, -0.2) is 9.48 Å². The number of aryl methyl sites for hydroxylation is 1. The van der Waals surface area contributed by atoms with E-state index in [1.54, 1.807) is 10.8 Å². The molecule has 1 aliphatic carbocycles. The molecule has 1 saturated carbocycles. The largest absolute Gasteiger partial charge is 0.453 e. The summed E-state index contributed by atoms with van der Waals surface area (Å²) in [5, 5.41) is 20.8. The molecule has 0 amide bonds. The summed E-state index contributed by atoms with van der Waals surface area (Å²) >= 11 is 0. The van der Waals surface area contributed by atoms with E-state index < -0.39 is 5.97 Å². The molecule has 0 aliphatic heterocycles. The second-order valence-electron chi connectivity index (χ2n) is 6.49. The Bertz CT molecular complexity index is 882.